The van der Waals surface area contributed by atoms with E-state index >= 15 is 0 Å². The third kappa shape index (κ3) is 6.97. The Kier molecular flexibility index (Phi) is 8.78. The van der Waals surface area contributed by atoms with Crippen LogP contribution in [0.2, 0.25) is 5.02 Å². The van der Waals surface area contributed by atoms with E-state index in [0.717, 1.165) is 13.1 Å². The van der Waals surface area contributed by atoms with Gasteiger partial charge in [-0.15, -0.1) is 0 Å². The van der Waals surface area contributed by atoms with Gasteiger partial charge >= 0.3 is 6.03 Å². The van der Waals surface area contributed by atoms with E-state index in [9.17, 15) is 9.59 Å². The van der Waals surface area contributed by atoms with E-state index in [2.05, 4.69) is 15.5 Å². The minimum absolute atomic E-state index is 0.239. The van der Waals surface area contributed by atoms with Crippen LogP contribution in [-0.2, 0) is 4.74 Å². The average Bonchev–Trinajstić information content (AvgIpc) is 2.91. The van der Waals surface area contributed by atoms with Crippen LogP contribution in [-0.4, -0.2) is 63.3 Å². The van der Waals surface area contributed by atoms with Gasteiger partial charge in [-0.3, -0.25) is 14.6 Å². The molecule has 0 saturated carbocycles. The molecule has 3 aromatic rings. The molecule has 0 radical (unpaired) electrons. The molecule has 0 unspecified atom stereocenters. The van der Waals surface area contributed by atoms with Gasteiger partial charge in [-0.1, -0.05) is 11.6 Å². The van der Waals surface area contributed by atoms with Gasteiger partial charge in [0.15, 0.2) is 0 Å². The molecule has 188 valence electrons. The van der Waals surface area contributed by atoms with Crippen LogP contribution in [0, 0.1) is 0 Å². The first-order chi connectivity index (χ1) is 17.5. The van der Waals surface area contributed by atoms with Crippen molar-refractivity contribution in [1.82, 2.24) is 4.90 Å². The first-order valence-electron chi connectivity index (χ1n) is 11.7. The molecule has 2 N–H and O–H groups in total. The molecule has 0 aromatic heterocycles. The van der Waals surface area contributed by atoms with E-state index in [1.54, 1.807) is 84.8 Å². The number of hydrogen-bond donors (Lipinski definition) is 2. The second-order valence-corrected chi connectivity index (χ2v) is 8.71. The molecule has 0 aliphatic carbocycles. The van der Waals surface area contributed by atoms with Crippen molar-refractivity contribution in [3.05, 3.63) is 83.4 Å². The van der Waals surface area contributed by atoms with E-state index in [1.165, 1.54) is 0 Å². The average molecular weight is 509 g/mol. The van der Waals surface area contributed by atoms with Crippen molar-refractivity contribution in [3.63, 3.8) is 0 Å². The number of urea groups is 1. The predicted molar refractivity (Wildman–Crippen MR) is 142 cm³/mol. The summed E-state index contributed by atoms with van der Waals surface area (Å²) in [5.41, 5.74) is 2.49. The highest BCUT2D eigenvalue weighted by molar-refractivity contribution is 6.30. The zero-order valence-electron chi connectivity index (χ0n) is 20.1. The fourth-order valence-electron chi connectivity index (χ4n) is 3.81. The smallest absolute Gasteiger partial charge is 0.326 e. The summed E-state index contributed by atoms with van der Waals surface area (Å²) < 4.78 is 10.6. The quantitative estimate of drug-likeness (QED) is 0.449. The Morgan fingerprint density at radius 2 is 1.53 bits per heavy atom. The number of carbonyl (C=O) groups excluding carboxylic acids is 2. The van der Waals surface area contributed by atoms with Crippen molar-refractivity contribution in [2.45, 2.75) is 0 Å². The van der Waals surface area contributed by atoms with Crippen LogP contribution in [0.15, 0.2) is 72.8 Å². The molecule has 1 aliphatic rings. The lowest BCUT2D eigenvalue weighted by molar-refractivity contribution is 0.0393. The second-order valence-electron chi connectivity index (χ2n) is 8.27. The Hall–Kier alpha value is -3.59. The highest BCUT2D eigenvalue weighted by Crippen LogP contribution is 2.21. The Bertz CT molecular complexity index is 1150. The lowest BCUT2D eigenvalue weighted by Gasteiger charge is -2.30. The summed E-state index contributed by atoms with van der Waals surface area (Å²) in [7, 11) is 1.59. The topological polar surface area (TPSA) is 83.1 Å². The number of hydrogen-bond acceptors (Lipinski definition) is 5. The summed E-state index contributed by atoms with van der Waals surface area (Å²) in [6, 6.07) is 20.8. The number of nitrogens with zero attached hydrogens (tertiary/aromatic N) is 2. The summed E-state index contributed by atoms with van der Waals surface area (Å²) in [6.07, 6.45) is 0. The Balaban J connectivity index is 1.46. The number of amides is 3. The number of carbonyl (C=O) groups is 2. The zero-order chi connectivity index (χ0) is 25.3. The van der Waals surface area contributed by atoms with Gasteiger partial charge in [0.25, 0.3) is 5.91 Å². The summed E-state index contributed by atoms with van der Waals surface area (Å²) in [5, 5.41) is 6.40. The van der Waals surface area contributed by atoms with Gasteiger partial charge in [-0.25, -0.2) is 4.79 Å². The van der Waals surface area contributed by atoms with Gasteiger partial charge in [0, 0.05) is 53.8 Å². The van der Waals surface area contributed by atoms with Crippen LogP contribution in [0.1, 0.15) is 10.4 Å². The molecule has 3 amide bonds. The summed E-state index contributed by atoms with van der Waals surface area (Å²) in [6.45, 7) is 4.23. The highest BCUT2D eigenvalue weighted by atomic mass is 35.5. The first kappa shape index (κ1) is 25.5. The number of benzene rings is 3. The maximum atomic E-state index is 13.2. The van der Waals surface area contributed by atoms with Crippen LogP contribution < -0.4 is 20.3 Å². The lowest BCUT2D eigenvalue weighted by atomic mass is 10.1. The van der Waals surface area contributed by atoms with E-state index in [0.29, 0.717) is 59.7 Å². The predicted octanol–water partition coefficient (Wildman–Crippen LogP) is 4.97. The van der Waals surface area contributed by atoms with E-state index in [4.69, 9.17) is 21.1 Å². The monoisotopic (exact) mass is 508 g/mol. The van der Waals surface area contributed by atoms with E-state index in [1.807, 2.05) is 0 Å². The van der Waals surface area contributed by atoms with Crippen molar-refractivity contribution in [2.75, 3.05) is 62.0 Å². The normalized spacial score (nSPS) is 13.6. The molecule has 1 heterocycles. The highest BCUT2D eigenvalue weighted by Gasteiger charge is 2.19. The van der Waals surface area contributed by atoms with Crippen LogP contribution >= 0.6 is 11.6 Å². The van der Waals surface area contributed by atoms with Gasteiger partial charge in [0.05, 0.1) is 20.3 Å². The van der Waals surface area contributed by atoms with E-state index in [-0.39, 0.29) is 11.9 Å². The molecule has 1 saturated heterocycles. The SMILES string of the molecule is COc1ccc(NC(=O)c2ccc(N(CCN3CCOCC3)C(=O)Nc3ccc(Cl)cc3)cc2)cc1. The number of rotatable bonds is 8. The zero-order valence-corrected chi connectivity index (χ0v) is 20.8. The number of ether oxygens (including phenoxy) is 2. The Labute approximate surface area is 215 Å². The minimum Gasteiger partial charge on any atom is -0.497 e. The molecule has 4 rings (SSSR count). The van der Waals surface area contributed by atoms with Crippen molar-refractivity contribution in [3.8, 4) is 5.75 Å². The van der Waals surface area contributed by atoms with Crippen LogP contribution in [0.5, 0.6) is 5.75 Å². The van der Waals surface area contributed by atoms with Gasteiger partial charge in [0.2, 0.25) is 0 Å². The van der Waals surface area contributed by atoms with Crippen molar-refractivity contribution in [1.29, 1.82) is 0 Å². The summed E-state index contributed by atoms with van der Waals surface area (Å²) in [4.78, 5) is 29.9. The molecule has 36 heavy (non-hydrogen) atoms. The standard InChI is InChI=1S/C27H29ClN4O4/c1-35-25-12-8-22(9-13-25)29-26(33)20-2-10-24(11-3-20)32(15-14-31-16-18-36-19-17-31)27(34)30-23-6-4-21(28)5-7-23/h2-13H,14-19H2,1H3,(H,29,33)(H,30,34). The van der Waals surface area contributed by atoms with Crippen LogP contribution in [0.4, 0.5) is 21.9 Å². The molecule has 1 aliphatic heterocycles. The molecule has 0 atom stereocenters. The molecule has 1 fully saturated rings. The van der Waals surface area contributed by atoms with E-state index < -0.39 is 0 Å². The fourth-order valence-corrected chi connectivity index (χ4v) is 3.93. The van der Waals surface area contributed by atoms with Crippen molar-refractivity contribution in [2.24, 2.45) is 0 Å². The Morgan fingerprint density at radius 1 is 0.917 bits per heavy atom. The number of methoxy groups -OCH3 is 1. The number of anilines is 3. The van der Waals surface area contributed by atoms with Crippen molar-refractivity contribution < 1.29 is 19.1 Å². The molecule has 3 aromatic carbocycles. The third-order valence-electron chi connectivity index (χ3n) is 5.87. The number of halogens is 1. The summed E-state index contributed by atoms with van der Waals surface area (Å²) >= 11 is 5.97. The molecule has 0 spiro atoms. The Morgan fingerprint density at radius 3 is 2.17 bits per heavy atom. The second kappa shape index (κ2) is 12.4. The number of nitrogens with one attached hydrogen (secondary N) is 2. The lowest BCUT2D eigenvalue weighted by Crippen LogP contribution is -2.44. The van der Waals surface area contributed by atoms with Gasteiger partial charge in [0.1, 0.15) is 5.75 Å². The molecular weight excluding hydrogens is 480 g/mol. The van der Waals surface area contributed by atoms with Gasteiger partial charge in [-0.05, 0) is 72.8 Å². The molecular formula is C27H29ClN4O4. The van der Waals surface area contributed by atoms with Gasteiger partial charge < -0.3 is 20.1 Å². The molecule has 0 bridgehead atoms. The van der Waals surface area contributed by atoms with Crippen LogP contribution in [0.25, 0.3) is 0 Å². The molecule has 9 heteroatoms. The maximum Gasteiger partial charge on any atom is 0.326 e. The first-order valence-corrected chi connectivity index (χ1v) is 12.1. The number of morpholine rings is 1. The van der Waals surface area contributed by atoms with Gasteiger partial charge in [-0.2, -0.15) is 0 Å². The molecule has 8 nitrogen and oxygen atoms in total. The van der Waals surface area contributed by atoms with Crippen molar-refractivity contribution >= 4 is 40.6 Å². The minimum atomic E-state index is -0.263. The summed E-state index contributed by atoms with van der Waals surface area (Å²) in [5.74, 6) is 0.476. The third-order valence-corrected chi connectivity index (χ3v) is 6.13. The van der Waals surface area contributed by atoms with Crippen LogP contribution in [0.3, 0.4) is 0 Å². The fraction of sp³-hybridized carbons (Fsp3) is 0.259. The maximum absolute atomic E-state index is 13.2. The largest absolute Gasteiger partial charge is 0.497 e.